The minimum atomic E-state index is -0.956. The van der Waals surface area contributed by atoms with Crippen molar-refractivity contribution in [1.82, 2.24) is 5.32 Å². The van der Waals surface area contributed by atoms with Crippen molar-refractivity contribution in [3.63, 3.8) is 0 Å². The average Bonchev–Trinajstić information content (AvgIpc) is 3.41. The molecule has 1 N–H and O–H groups in total. The second-order valence-corrected chi connectivity index (χ2v) is 7.71. The number of amides is 1. The molecule has 2 heterocycles. The Morgan fingerprint density at radius 1 is 1.10 bits per heavy atom. The van der Waals surface area contributed by atoms with Crippen molar-refractivity contribution in [2.45, 2.75) is 19.6 Å². The lowest BCUT2D eigenvalue weighted by Crippen LogP contribution is -2.35. The molecule has 3 aromatic rings. The summed E-state index contributed by atoms with van der Waals surface area (Å²) in [6, 6.07) is 14.8. The van der Waals surface area contributed by atoms with Crippen LogP contribution < -0.4 is 14.8 Å². The molecular formula is C22H18FNO5S. The molecule has 6 nitrogen and oxygen atoms in total. The zero-order valence-corrected chi connectivity index (χ0v) is 16.8. The van der Waals surface area contributed by atoms with Gasteiger partial charge in [0.2, 0.25) is 6.79 Å². The van der Waals surface area contributed by atoms with Crippen LogP contribution in [-0.4, -0.2) is 24.8 Å². The molecule has 8 heteroatoms. The quantitative estimate of drug-likeness (QED) is 0.599. The van der Waals surface area contributed by atoms with Gasteiger partial charge in [-0.25, -0.2) is 9.18 Å². The Balaban J connectivity index is 1.32. The van der Waals surface area contributed by atoms with Crippen LogP contribution in [-0.2, 0) is 16.1 Å². The van der Waals surface area contributed by atoms with Crippen molar-refractivity contribution in [2.75, 3.05) is 6.79 Å². The highest BCUT2D eigenvalue weighted by molar-refractivity contribution is 7.17. The Morgan fingerprint density at radius 2 is 1.87 bits per heavy atom. The molecule has 0 spiro atoms. The summed E-state index contributed by atoms with van der Waals surface area (Å²) in [4.78, 5) is 25.9. The van der Waals surface area contributed by atoms with Crippen LogP contribution in [0, 0.1) is 5.82 Å². The Bertz CT molecular complexity index is 1080. The van der Waals surface area contributed by atoms with Crippen molar-refractivity contribution in [3.05, 3.63) is 70.9 Å². The van der Waals surface area contributed by atoms with E-state index in [0.717, 1.165) is 16.0 Å². The number of nitrogens with one attached hydrogen (secondary N) is 1. The van der Waals surface area contributed by atoms with Crippen LogP contribution in [0.1, 0.15) is 22.2 Å². The highest BCUT2D eigenvalue weighted by Crippen LogP contribution is 2.32. The van der Waals surface area contributed by atoms with E-state index in [0.29, 0.717) is 16.4 Å². The third kappa shape index (κ3) is 4.44. The van der Waals surface area contributed by atoms with E-state index in [1.54, 1.807) is 36.4 Å². The monoisotopic (exact) mass is 427 g/mol. The number of fused-ring (bicyclic) bond motifs is 1. The molecule has 1 amide bonds. The molecular weight excluding hydrogens is 409 g/mol. The summed E-state index contributed by atoms with van der Waals surface area (Å²) in [6.45, 7) is 1.97. The van der Waals surface area contributed by atoms with Crippen LogP contribution in [0.15, 0.2) is 54.6 Å². The zero-order chi connectivity index (χ0) is 21.1. The summed E-state index contributed by atoms with van der Waals surface area (Å²) >= 11 is 1.22. The Morgan fingerprint density at radius 3 is 2.67 bits per heavy atom. The summed E-state index contributed by atoms with van der Waals surface area (Å²) in [6.07, 6.45) is -0.956. The van der Waals surface area contributed by atoms with Crippen LogP contribution in [0.5, 0.6) is 11.5 Å². The molecule has 1 unspecified atom stereocenters. The third-order valence-electron chi connectivity index (χ3n) is 4.49. The van der Waals surface area contributed by atoms with Gasteiger partial charge in [-0.05, 0) is 54.4 Å². The number of esters is 1. The maximum absolute atomic E-state index is 13.1. The van der Waals surface area contributed by atoms with Gasteiger partial charge >= 0.3 is 5.97 Å². The second kappa shape index (κ2) is 8.54. The Labute approximate surface area is 176 Å². The van der Waals surface area contributed by atoms with Gasteiger partial charge in [0.05, 0.1) is 0 Å². The molecule has 0 saturated heterocycles. The Kier molecular flexibility index (Phi) is 5.67. The highest BCUT2D eigenvalue weighted by Gasteiger charge is 2.21. The van der Waals surface area contributed by atoms with Gasteiger partial charge in [0.25, 0.3) is 5.91 Å². The molecule has 0 saturated carbocycles. The predicted molar refractivity (Wildman–Crippen MR) is 109 cm³/mol. The lowest BCUT2D eigenvalue weighted by molar-refractivity contribution is -0.129. The summed E-state index contributed by atoms with van der Waals surface area (Å²) in [5, 5.41) is 2.74. The first-order valence-electron chi connectivity index (χ1n) is 9.22. The fourth-order valence-electron chi connectivity index (χ4n) is 2.87. The number of benzene rings is 2. The zero-order valence-electron chi connectivity index (χ0n) is 16.0. The highest BCUT2D eigenvalue weighted by atomic mass is 32.1. The Hall–Kier alpha value is -3.39. The second-order valence-electron chi connectivity index (χ2n) is 6.62. The molecule has 1 aromatic heterocycles. The van der Waals surface area contributed by atoms with E-state index in [-0.39, 0.29) is 19.2 Å². The van der Waals surface area contributed by atoms with Crippen LogP contribution in [0.25, 0.3) is 10.4 Å². The standard InChI is InChI=1S/C22H18FNO5S/c1-13(21(25)24-11-14-2-7-17-18(10-14)28-12-27-17)29-22(26)20-9-8-19(30-20)15-3-5-16(23)6-4-15/h2-10,13H,11-12H2,1H3,(H,24,25). The number of hydrogen-bond donors (Lipinski definition) is 1. The van der Waals surface area contributed by atoms with Crippen LogP contribution in [0.3, 0.4) is 0 Å². The van der Waals surface area contributed by atoms with E-state index in [1.807, 2.05) is 6.07 Å². The molecule has 1 aliphatic heterocycles. The van der Waals surface area contributed by atoms with Gasteiger partial charge in [-0.15, -0.1) is 11.3 Å². The van der Waals surface area contributed by atoms with E-state index in [2.05, 4.69) is 5.32 Å². The van der Waals surface area contributed by atoms with E-state index >= 15 is 0 Å². The van der Waals surface area contributed by atoms with Gasteiger partial charge in [0.1, 0.15) is 10.7 Å². The van der Waals surface area contributed by atoms with Gasteiger partial charge in [-0.2, -0.15) is 0 Å². The summed E-state index contributed by atoms with van der Waals surface area (Å²) in [5.41, 5.74) is 1.64. The minimum absolute atomic E-state index is 0.184. The third-order valence-corrected chi connectivity index (χ3v) is 5.61. The number of ether oxygens (including phenoxy) is 3. The maximum atomic E-state index is 13.1. The SMILES string of the molecule is CC(OC(=O)c1ccc(-c2ccc(F)cc2)s1)C(=O)NCc1ccc2c(c1)OCO2. The first kappa shape index (κ1) is 19.9. The lowest BCUT2D eigenvalue weighted by atomic mass is 10.2. The molecule has 0 bridgehead atoms. The number of carbonyl (C=O) groups excluding carboxylic acids is 2. The molecule has 0 radical (unpaired) electrons. The smallest absolute Gasteiger partial charge is 0.349 e. The molecule has 1 atom stereocenters. The fraction of sp³-hybridized carbons (Fsp3) is 0.182. The molecule has 1 aliphatic rings. The summed E-state index contributed by atoms with van der Waals surface area (Å²) in [7, 11) is 0. The number of thiophene rings is 1. The first-order chi connectivity index (χ1) is 14.5. The predicted octanol–water partition coefficient (Wildman–Crippen LogP) is 4.14. The van der Waals surface area contributed by atoms with Crippen LogP contribution in [0.4, 0.5) is 4.39 Å². The van der Waals surface area contributed by atoms with Gasteiger partial charge < -0.3 is 19.5 Å². The van der Waals surface area contributed by atoms with Crippen molar-refractivity contribution in [3.8, 4) is 21.9 Å². The van der Waals surface area contributed by atoms with E-state index in [9.17, 15) is 14.0 Å². The summed E-state index contributed by atoms with van der Waals surface area (Å²) < 4.78 is 28.9. The minimum Gasteiger partial charge on any atom is -0.454 e. The van der Waals surface area contributed by atoms with Crippen LogP contribution >= 0.6 is 11.3 Å². The van der Waals surface area contributed by atoms with Gasteiger partial charge in [-0.1, -0.05) is 18.2 Å². The topological polar surface area (TPSA) is 73.9 Å². The number of carbonyl (C=O) groups is 2. The average molecular weight is 427 g/mol. The first-order valence-corrected chi connectivity index (χ1v) is 10.0. The van der Waals surface area contributed by atoms with E-state index < -0.39 is 18.0 Å². The van der Waals surface area contributed by atoms with Gasteiger partial charge in [-0.3, -0.25) is 4.79 Å². The van der Waals surface area contributed by atoms with Crippen molar-refractivity contribution in [1.29, 1.82) is 0 Å². The maximum Gasteiger partial charge on any atom is 0.349 e. The lowest BCUT2D eigenvalue weighted by Gasteiger charge is -2.13. The van der Waals surface area contributed by atoms with E-state index in [4.69, 9.17) is 14.2 Å². The van der Waals surface area contributed by atoms with Crippen LogP contribution in [0.2, 0.25) is 0 Å². The van der Waals surface area contributed by atoms with Crippen molar-refractivity contribution < 1.29 is 28.2 Å². The molecule has 154 valence electrons. The molecule has 4 rings (SSSR count). The summed E-state index contributed by atoms with van der Waals surface area (Å²) in [5.74, 6) is -0.00912. The fourth-order valence-corrected chi connectivity index (χ4v) is 3.77. The molecule has 2 aromatic carbocycles. The van der Waals surface area contributed by atoms with Gasteiger partial charge in [0, 0.05) is 11.4 Å². The molecule has 30 heavy (non-hydrogen) atoms. The van der Waals surface area contributed by atoms with E-state index in [1.165, 1.54) is 30.4 Å². The number of hydrogen-bond acceptors (Lipinski definition) is 6. The largest absolute Gasteiger partial charge is 0.454 e. The number of rotatable bonds is 6. The van der Waals surface area contributed by atoms with Gasteiger partial charge in [0.15, 0.2) is 17.6 Å². The number of halogens is 1. The molecule has 0 fully saturated rings. The van der Waals surface area contributed by atoms with Crippen molar-refractivity contribution >= 4 is 23.2 Å². The normalized spacial score (nSPS) is 13.0. The molecule has 0 aliphatic carbocycles. The van der Waals surface area contributed by atoms with Crippen molar-refractivity contribution in [2.24, 2.45) is 0 Å².